The van der Waals surface area contributed by atoms with Crippen LogP contribution in [0, 0.1) is 20.8 Å². The Hall–Kier alpha value is -1.55. The van der Waals surface area contributed by atoms with Gasteiger partial charge in [0.1, 0.15) is 0 Å². The largest absolute Gasteiger partial charge is 0.480 e. The number of benzene rings is 1. The minimum Gasteiger partial charge on any atom is -0.480 e. The SMILES string of the molecule is Cc1cc(C)c(N2CCOCC2C(=O)O)c(C)c1. The summed E-state index contributed by atoms with van der Waals surface area (Å²) in [5, 5.41) is 9.28. The minimum atomic E-state index is -0.825. The Kier molecular flexibility index (Phi) is 3.57. The van der Waals surface area contributed by atoms with E-state index in [1.165, 1.54) is 5.56 Å². The van der Waals surface area contributed by atoms with Gasteiger partial charge in [0.15, 0.2) is 6.04 Å². The second-order valence-electron chi connectivity index (χ2n) is 4.87. The van der Waals surface area contributed by atoms with Gasteiger partial charge in [0.2, 0.25) is 0 Å². The molecule has 4 nitrogen and oxygen atoms in total. The van der Waals surface area contributed by atoms with Crippen molar-refractivity contribution in [3.8, 4) is 0 Å². The lowest BCUT2D eigenvalue weighted by atomic mass is 10.0. The summed E-state index contributed by atoms with van der Waals surface area (Å²) in [5.74, 6) is -0.825. The van der Waals surface area contributed by atoms with Crippen molar-refractivity contribution in [2.45, 2.75) is 26.8 Å². The first-order valence-corrected chi connectivity index (χ1v) is 6.15. The van der Waals surface area contributed by atoms with E-state index < -0.39 is 12.0 Å². The summed E-state index contributed by atoms with van der Waals surface area (Å²) in [5.41, 5.74) is 4.49. The summed E-state index contributed by atoms with van der Waals surface area (Å²) in [6, 6.07) is 3.60. The average molecular weight is 249 g/mol. The Morgan fingerprint density at radius 3 is 2.50 bits per heavy atom. The van der Waals surface area contributed by atoms with Crippen LogP contribution in [0.1, 0.15) is 16.7 Å². The number of rotatable bonds is 2. The molecule has 0 radical (unpaired) electrons. The molecule has 1 N–H and O–H groups in total. The molecule has 0 amide bonds. The number of carboxylic acid groups (broad SMARTS) is 1. The van der Waals surface area contributed by atoms with Gasteiger partial charge < -0.3 is 14.7 Å². The minimum absolute atomic E-state index is 0.252. The third-order valence-electron chi connectivity index (χ3n) is 3.34. The monoisotopic (exact) mass is 249 g/mol. The molecular weight excluding hydrogens is 230 g/mol. The van der Waals surface area contributed by atoms with E-state index in [0.29, 0.717) is 13.2 Å². The predicted molar refractivity (Wildman–Crippen MR) is 70.2 cm³/mol. The highest BCUT2D eigenvalue weighted by molar-refractivity contribution is 5.80. The van der Waals surface area contributed by atoms with Crippen LogP contribution in [0.2, 0.25) is 0 Å². The van der Waals surface area contributed by atoms with Gasteiger partial charge in [-0.05, 0) is 31.9 Å². The van der Waals surface area contributed by atoms with Gasteiger partial charge in [-0.2, -0.15) is 0 Å². The summed E-state index contributed by atoms with van der Waals surface area (Å²) in [6.45, 7) is 7.57. The molecule has 1 unspecified atom stereocenters. The van der Waals surface area contributed by atoms with Crippen molar-refractivity contribution in [3.05, 3.63) is 28.8 Å². The van der Waals surface area contributed by atoms with Crippen LogP contribution in [-0.2, 0) is 9.53 Å². The van der Waals surface area contributed by atoms with Gasteiger partial charge in [-0.3, -0.25) is 0 Å². The van der Waals surface area contributed by atoms with Crippen LogP contribution in [0.4, 0.5) is 5.69 Å². The third kappa shape index (κ3) is 2.34. The average Bonchev–Trinajstić information content (AvgIpc) is 2.28. The smallest absolute Gasteiger partial charge is 0.328 e. The number of ether oxygens (including phenoxy) is 1. The number of anilines is 1. The first-order chi connectivity index (χ1) is 8.50. The summed E-state index contributed by atoms with van der Waals surface area (Å²) in [4.78, 5) is 13.3. The number of nitrogens with zero attached hydrogens (tertiary/aromatic N) is 1. The van der Waals surface area contributed by atoms with Gasteiger partial charge >= 0.3 is 5.97 Å². The second kappa shape index (κ2) is 4.98. The number of aliphatic carboxylic acids is 1. The van der Waals surface area contributed by atoms with Gasteiger partial charge in [0, 0.05) is 12.2 Å². The fraction of sp³-hybridized carbons (Fsp3) is 0.500. The molecule has 0 spiro atoms. The van der Waals surface area contributed by atoms with Crippen LogP contribution in [0.15, 0.2) is 12.1 Å². The van der Waals surface area contributed by atoms with E-state index in [4.69, 9.17) is 4.74 Å². The molecule has 1 aromatic rings. The van der Waals surface area contributed by atoms with E-state index in [1.807, 2.05) is 18.7 Å². The highest BCUT2D eigenvalue weighted by Crippen LogP contribution is 2.29. The van der Waals surface area contributed by atoms with Crippen molar-refractivity contribution in [1.82, 2.24) is 0 Å². The standard InChI is InChI=1S/C14H19NO3/c1-9-6-10(2)13(11(3)7-9)15-4-5-18-8-12(15)14(16)17/h6-7,12H,4-5,8H2,1-3H3,(H,16,17). The maximum absolute atomic E-state index is 11.3. The maximum Gasteiger partial charge on any atom is 0.328 e. The molecule has 0 aromatic heterocycles. The molecule has 0 bridgehead atoms. The van der Waals surface area contributed by atoms with Crippen molar-refractivity contribution in [3.63, 3.8) is 0 Å². The number of hydrogen-bond acceptors (Lipinski definition) is 3. The zero-order valence-electron chi connectivity index (χ0n) is 11.1. The number of hydrogen-bond donors (Lipinski definition) is 1. The molecule has 1 heterocycles. The van der Waals surface area contributed by atoms with Crippen molar-refractivity contribution >= 4 is 11.7 Å². The first-order valence-electron chi connectivity index (χ1n) is 6.15. The third-order valence-corrected chi connectivity index (χ3v) is 3.34. The summed E-state index contributed by atoms with van der Waals surface area (Å²) >= 11 is 0. The summed E-state index contributed by atoms with van der Waals surface area (Å²) in [7, 11) is 0. The molecular formula is C14H19NO3. The van der Waals surface area contributed by atoms with E-state index in [-0.39, 0.29) is 6.61 Å². The zero-order chi connectivity index (χ0) is 13.3. The summed E-state index contributed by atoms with van der Waals surface area (Å²) < 4.78 is 5.28. The van der Waals surface area contributed by atoms with E-state index in [1.54, 1.807) is 0 Å². The molecule has 1 aromatic carbocycles. The molecule has 0 aliphatic carbocycles. The molecule has 98 valence electrons. The Bertz CT molecular complexity index is 447. The van der Waals surface area contributed by atoms with Crippen LogP contribution in [0.3, 0.4) is 0 Å². The lowest BCUT2D eigenvalue weighted by molar-refractivity contribution is -0.141. The molecule has 0 saturated carbocycles. The van der Waals surface area contributed by atoms with Crippen LogP contribution < -0.4 is 4.90 Å². The van der Waals surface area contributed by atoms with Crippen molar-refractivity contribution in [2.24, 2.45) is 0 Å². The van der Waals surface area contributed by atoms with Crippen molar-refractivity contribution in [1.29, 1.82) is 0 Å². The molecule has 1 atom stereocenters. The Balaban J connectivity index is 2.43. The van der Waals surface area contributed by atoms with Crippen LogP contribution in [0.25, 0.3) is 0 Å². The fourth-order valence-electron chi connectivity index (χ4n) is 2.70. The second-order valence-corrected chi connectivity index (χ2v) is 4.87. The molecule has 18 heavy (non-hydrogen) atoms. The van der Waals surface area contributed by atoms with E-state index in [2.05, 4.69) is 19.1 Å². The molecule has 1 aliphatic heterocycles. The van der Waals surface area contributed by atoms with E-state index in [0.717, 1.165) is 16.8 Å². The molecule has 2 rings (SSSR count). The number of aryl methyl sites for hydroxylation is 3. The predicted octanol–water partition coefficient (Wildman–Crippen LogP) is 1.90. The zero-order valence-corrected chi connectivity index (χ0v) is 11.1. The van der Waals surface area contributed by atoms with Crippen LogP contribution in [0.5, 0.6) is 0 Å². The Morgan fingerprint density at radius 1 is 1.33 bits per heavy atom. The van der Waals surface area contributed by atoms with Crippen LogP contribution >= 0.6 is 0 Å². The molecule has 1 saturated heterocycles. The van der Waals surface area contributed by atoms with Gasteiger partial charge in [0.05, 0.1) is 13.2 Å². The lowest BCUT2D eigenvalue weighted by Gasteiger charge is -2.36. The van der Waals surface area contributed by atoms with E-state index >= 15 is 0 Å². The van der Waals surface area contributed by atoms with Crippen molar-refractivity contribution < 1.29 is 14.6 Å². The van der Waals surface area contributed by atoms with Crippen molar-refractivity contribution in [2.75, 3.05) is 24.7 Å². The quantitative estimate of drug-likeness (QED) is 0.869. The van der Waals surface area contributed by atoms with Gasteiger partial charge in [-0.25, -0.2) is 4.79 Å². The Labute approximate surface area is 107 Å². The van der Waals surface area contributed by atoms with E-state index in [9.17, 15) is 9.90 Å². The lowest BCUT2D eigenvalue weighted by Crippen LogP contribution is -2.50. The Morgan fingerprint density at radius 2 is 1.94 bits per heavy atom. The molecule has 1 fully saturated rings. The number of carbonyl (C=O) groups is 1. The number of carboxylic acids is 1. The fourth-order valence-corrected chi connectivity index (χ4v) is 2.70. The van der Waals surface area contributed by atoms with Crippen LogP contribution in [-0.4, -0.2) is 36.9 Å². The highest BCUT2D eigenvalue weighted by atomic mass is 16.5. The molecule has 4 heteroatoms. The number of morpholine rings is 1. The van der Waals surface area contributed by atoms with Gasteiger partial charge in [-0.15, -0.1) is 0 Å². The maximum atomic E-state index is 11.3. The topological polar surface area (TPSA) is 49.8 Å². The first kappa shape index (κ1) is 12.9. The van der Waals surface area contributed by atoms with Gasteiger partial charge in [0.25, 0.3) is 0 Å². The highest BCUT2D eigenvalue weighted by Gasteiger charge is 2.30. The van der Waals surface area contributed by atoms with Gasteiger partial charge in [-0.1, -0.05) is 17.7 Å². The molecule has 1 aliphatic rings. The normalized spacial score (nSPS) is 19.9. The summed E-state index contributed by atoms with van der Waals surface area (Å²) in [6.07, 6.45) is 0.